The molecule has 2 atom stereocenters. The molecule has 0 aliphatic carbocycles. The molecule has 0 fully saturated rings. The van der Waals surface area contributed by atoms with E-state index in [0.717, 1.165) is 22.6 Å². The number of anilines is 1. The summed E-state index contributed by atoms with van der Waals surface area (Å²) < 4.78 is 17.1. The molecule has 6 heteroatoms. The molecule has 0 aliphatic heterocycles. The summed E-state index contributed by atoms with van der Waals surface area (Å²) in [6, 6.07) is 25.0. The van der Waals surface area contributed by atoms with E-state index in [-0.39, 0.29) is 24.2 Å². The van der Waals surface area contributed by atoms with Gasteiger partial charge in [0.25, 0.3) is 0 Å². The van der Waals surface area contributed by atoms with E-state index in [1.54, 1.807) is 19.1 Å². The van der Waals surface area contributed by atoms with E-state index in [9.17, 15) is 4.79 Å². The third kappa shape index (κ3) is 6.69. The van der Waals surface area contributed by atoms with Crippen LogP contribution in [0.1, 0.15) is 51.0 Å². The van der Waals surface area contributed by atoms with Crippen LogP contribution in [0.3, 0.4) is 0 Å². The fourth-order valence-electron chi connectivity index (χ4n) is 4.20. The molecular weight excluding hydrogens is 440 g/mol. The lowest BCUT2D eigenvalue weighted by atomic mass is 9.95. The number of nitrogens with zero attached hydrogens (tertiary/aromatic N) is 1. The van der Waals surface area contributed by atoms with Crippen molar-refractivity contribution in [3.8, 4) is 11.5 Å². The van der Waals surface area contributed by atoms with Gasteiger partial charge in [0.05, 0.1) is 20.3 Å². The van der Waals surface area contributed by atoms with Crippen molar-refractivity contribution in [1.82, 2.24) is 4.90 Å². The van der Waals surface area contributed by atoms with E-state index in [4.69, 9.17) is 14.2 Å². The molecule has 0 aromatic heterocycles. The average molecular weight is 477 g/mol. The zero-order chi connectivity index (χ0) is 25.4. The molecule has 0 unspecified atom stereocenters. The Hall–Kier alpha value is -3.67. The molecule has 3 aromatic carbocycles. The number of benzene rings is 3. The monoisotopic (exact) mass is 476 g/mol. The van der Waals surface area contributed by atoms with Gasteiger partial charge in [0.2, 0.25) is 0 Å². The standard InChI is InChI=1S/C29H36N2O4/c1-20(2)31(21(3)4)29(32)35-28(23-13-10-14-26(19-23)34-6)27(22-11-8-7-9-12-22)30-24-15-17-25(33-5)18-16-24/h7-21,27-28,30H,1-6H3/t27-,28-/m1/s1. The topological polar surface area (TPSA) is 60.0 Å². The maximum absolute atomic E-state index is 13.5. The van der Waals surface area contributed by atoms with Crippen molar-refractivity contribution in [2.75, 3.05) is 19.5 Å². The zero-order valence-corrected chi connectivity index (χ0v) is 21.4. The highest BCUT2D eigenvalue weighted by Crippen LogP contribution is 2.37. The summed E-state index contributed by atoms with van der Waals surface area (Å²) in [5.74, 6) is 1.47. The van der Waals surface area contributed by atoms with E-state index >= 15 is 0 Å². The van der Waals surface area contributed by atoms with Crippen molar-refractivity contribution < 1.29 is 19.0 Å². The van der Waals surface area contributed by atoms with Crippen LogP contribution in [0.2, 0.25) is 0 Å². The smallest absolute Gasteiger partial charge is 0.410 e. The quantitative estimate of drug-likeness (QED) is 0.347. The highest BCUT2D eigenvalue weighted by molar-refractivity contribution is 5.69. The Morgan fingerprint density at radius 2 is 1.34 bits per heavy atom. The van der Waals surface area contributed by atoms with Crippen LogP contribution in [0, 0.1) is 0 Å². The maximum Gasteiger partial charge on any atom is 0.410 e. The molecule has 0 bridgehead atoms. The number of methoxy groups -OCH3 is 2. The number of rotatable bonds is 10. The summed E-state index contributed by atoms with van der Waals surface area (Å²) in [6.45, 7) is 7.97. The molecule has 3 aromatic rings. The summed E-state index contributed by atoms with van der Waals surface area (Å²) in [5, 5.41) is 3.59. The fourth-order valence-corrected chi connectivity index (χ4v) is 4.20. The molecule has 1 amide bonds. The van der Waals surface area contributed by atoms with Crippen LogP contribution in [-0.4, -0.2) is 37.3 Å². The third-order valence-corrected chi connectivity index (χ3v) is 5.85. The Balaban J connectivity index is 2.08. The minimum absolute atomic E-state index is 0.00168. The van der Waals surface area contributed by atoms with Gasteiger partial charge in [-0.15, -0.1) is 0 Å². The Morgan fingerprint density at radius 3 is 1.91 bits per heavy atom. The van der Waals surface area contributed by atoms with Gasteiger partial charge in [-0.25, -0.2) is 4.79 Å². The van der Waals surface area contributed by atoms with E-state index in [1.807, 2.05) is 107 Å². The summed E-state index contributed by atoms with van der Waals surface area (Å²) in [6.07, 6.45) is -0.984. The van der Waals surface area contributed by atoms with Crippen LogP contribution in [0.25, 0.3) is 0 Å². The minimum atomic E-state index is -0.623. The summed E-state index contributed by atoms with van der Waals surface area (Å²) in [4.78, 5) is 15.2. The number of hydrogen-bond donors (Lipinski definition) is 1. The van der Waals surface area contributed by atoms with Crippen molar-refractivity contribution in [3.05, 3.63) is 90.0 Å². The van der Waals surface area contributed by atoms with E-state index in [2.05, 4.69) is 5.32 Å². The first kappa shape index (κ1) is 25.9. The molecule has 0 spiro atoms. The number of amides is 1. The molecule has 0 saturated carbocycles. The third-order valence-electron chi connectivity index (χ3n) is 5.85. The van der Waals surface area contributed by atoms with Gasteiger partial charge in [0.15, 0.2) is 6.10 Å². The Labute approximate surface area is 208 Å². The molecule has 1 N–H and O–H groups in total. The van der Waals surface area contributed by atoms with Gasteiger partial charge >= 0.3 is 6.09 Å². The SMILES string of the molecule is COc1ccc(N[C@H](c2ccccc2)[C@H](OC(=O)N(C(C)C)C(C)C)c2cccc(OC)c2)cc1. The second-order valence-electron chi connectivity index (χ2n) is 8.94. The minimum Gasteiger partial charge on any atom is -0.497 e. The molecule has 0 saturated heterocycles. The van der Waals surface area contributed by atoms with Crippen LogP contribution in [0.15, 0.2) is 78.9 Å². The molecule has 3 rings (SSSR count). The number of ether oxygens (including phenoxy) is 3. The van der Waals surface area contributed by atoms with E-state index in [1.165, 1.54) is 0 Å². The lowest BCUT2D eigenvalue weighted by Gasteiger charge is -2.35. The summed E-state index contributed by atoms with van der Waals surface area (Å²) in [5.41, 5.74) is 2.71. The number of carbonyl (C=O) groups is 1. The van der Waals surface area contributed by atoms with Crippen LogP contribution >= 0.6 is 0 Å². The lowest BCUT2D eigenvalue weighted by molar-refractivity contribution is 0.0370. The van der Waals surface area contributed by atoms with Crippen molar-refractivity contribution >= 4 is 11.8 Å². The van der Waals surface area contributed by atoms with Crippen molar-refractivity contribution in [2.45, 2.75) is 51.9 Å². The van der Waals surface area contributed by atoms with Crippen molar-refractivity contribution in [2.24, 2.45) is 0 Å². The zero-order valence-electron chi connectivity index (χ0n) is 21.4. The highest BCUT2D eigenvalue weighted by atomic mass is 16.6. The normalized spacial score (nSPS) is 12.7. The molecule has 35 heavy (non-hydrogen) atoms. The van der Waals surface area contributed by atoms with Crippen LogP contribution in [0.4, 0.5) is 10.5 Å². The van der Waals surface area contributed by atoms with Gasteiger partial charge in [-0.1, -0.05) is 42.5 Å². The maximum atomic E-state index is 13.5. The van der Waals surface area contributed by atoms with Gasteiger partial charge in [-0.2, -0.15) is 0 Å². The van der Waals surface area contributed by atoms with Crippen molar-refractivity contribution in [1.29, 1.82) is 0 Å². The predicted molar refractivity (Wildman–Crippen MR) is 140 cm³/mol. The lowest BCUT2D eigenvalue weighted by Crippen LogP contribution is -2.43. The molecule has 0 aliphatic rings. The highest BCUT2D eigenvalue weighted by Gasteiger charge is 2.32. The Morgan fingerprint density at radius 1 is 0.743 bits per heavy atom. The first-order chi connectivity index (χ1) is 16.8. The largest absolute Gasteiger partial charge is 0.497 e. The molecule has 0 heterocycles. The van der Waals surface area contributed by atoms with Gasteiger partial charge in [-0.05, 0) is 75.2 Å². The first-order valence-electron chi connectivity index (χ1n) is 11.9. The average Bonchev–Trinajstić information content (AvgIpc) is 2.86. The number of nitrogens with one attached hydrogen (secondary N) is 1. The molecular formula is C29H36N2O4. The molecule has 6 nitrogen and oxygen atoms in total. The van der Waals surface area contributed by atoms with E-state index in [0.29, 0.717) is 5.75 Å². The Kier molecular flexibility index (Phi) is 9.01. The molecule has 0 radical (unpaired) electrons. The van der Waals surface area contributed by atoms with Gasteiger partial charge in [0, 0.05) is 17.8 Å². The van der Waals surface area contributed by atoms with E-state index < -0.39 is 6.10 Å². The van der Waals surface area contributed by atoms with Gasteiger partial charge < -0.3 is 24.4 Å². The van der Waals surface area contributed by atoms with Gasteiger partial charge in [-0.3, -0.25) is 0 Å². The summed E-state index contributed by atoms with van der Waals surface area (Å²) in [7, 11) is 3.27. The predicted octanol–water partition coefficient (Wildman–Crippen LogP) is 6.85. The van der Waals surface area contributed by atoms with Crippen LogP contribution < -0.4 is 14.8 Å². The van der Waals surface area contributed by atoms with Crippen LogP contribution in [0.5, 0.6) is 11.5 Å². The second-order valence-corrected chi connectivity index (χ2v) is 8.94. The van der Waals surface area contributed by atoms with Crippen molar-refractivity contribution in [3.63, 3.8) is 0 Å². The fraction of sp³-hybridized carbons (Fsp3) is 0.345. The first-order valence-corrected chi connectivity index (χ1v) is 11.9. The summed E-state index contributed by atoms with van der Waals surface area (Å²) >= 11 is 0. The molecule has 186 valence electrons. The Bertz CT molecular complexity index is 1060. The van der Waals surface area contributed by atoms with Gasteiger partial charge in [0.1, 0.15) is 11.5 Å². The number of hydrogen-bond acceptors (Lipinski definition) is 5. The number of carbonyl (C=O) groups excluding carboxylic acids is 1. The van der Waals surface area contributed by atoms with Crippen LogP contribution in [-0.2, 0) is 4.74 Å². The second kappa shape index (κ2) is 12.2.